The Morgan fingerprint density at radius 2 is 2.05 bits per heavy atom. The normalized spacial score (nSPS) is 17.9. The number of nitro benzene ring substituents is 1. The minimum absolute atomic E-state index is 0.103. The van der Waals surface area contributed by atoms with E-state index in [0.717, 1.165) is 38.2 Å². The largest absolute Gasteiger partial charge is 0.314 e. The summed E-state index contributed by atoms with van der Waals surface area (Å²) >= 11 is 0. The molecular formula is C15H22FN3O2. The van der Waals surface area contributed by atoms with Crippen LogP contribution in [0.5, 0.6) is 0 Å². The van der Waals surface area contributed by atoms with Gasteiger partial charge < -0.3 is 5.32 Å². The second-order valence-electron chi connectivity index (χ2n) is 5.90. The average Bonchev–Trinajstić information content (AvgIpc) is 2.46. The Labute approximate surface area is 124 Å². The molecule has 1 N–H and O–H groups in total. The van der Waals surface area contributed by atoms with Crippen LogP contribution in [0, 0.1) is 21.8 Å². The molecule has 21 heavy (non-hydrogen) atoms. The Bertz CT molecular complexity index is 502. The average molecular weight is 295 g/mol. The number of hydrogen-bond acceptors (Lipinski definition) is 4. The quantitative estimate of drug-likeness (QED) is 0.670. The Hall–Kier alpha value is -1.53. The Kier molecular flexibility index (Phi) is 5.25. The summed E-state index contributed by atoms with van der Waals surface area (Å²) in [5.74, 6) is -0.304. The lowest BCUT2D eigenvalue weighted by atomic mass is 9.94. The van der Waals surface area contributed by atoms with E-state index in [9.17, 15) is 14.5 Å². The molecule has 1 fully saturated rings. The van der Waals surface area contributed by atoms with E-state index in [4.69, 9.17) is 0 Å². The van der Waals surface area contributed by atoms with E-state index < -0.39 is 16.4 Å². The minimum Gasteiger partial charge on any atom is -0.314 e. The zero-order valence-corrected chi connectivity index (χ0v) is 12.5. The van der Waals surface area contributed by atoms with Gasteiger partial charge in [-0.2, -0.15) is 4.39 Å². The van der Waals surface area contributed by atoms with Crippen LogP contribution in [-0.2, 0) is 0 Å². The Morgan fingerprint density at radius 3 is 2.62 bits per heavy atom. The molecule has 2 rings (SSSR count). The maximum atomic E-state index is 13.5. The predicted molar refractivity (Wildman–Crippen MR) is 79.7 cm³/mol. The van der Waals surface area contributed by atoms with E-state index in [-0.39, 0.29) is 6.04 Å². The zero-order chi connectivity index (χ0) is 15.4. The van der Waals surface area contributed by atoms with Gasteiger partial charge in [-0.3, -0.25) is 15.0 Å². The van der Waals surface area contributed by atoms with Crippen LogP contribution in [0.15, 0.2) is 18.2 Å². The molecule has 0 amide bonds. The fourth-order valence-corrected chi connectivity index (χ4v) is 2.81. The van der Waals surface area contributed by atoms with Crippen molar-refractivity contribution in [1.29, 1.82) is 0 Å². The molecule has 0 aliphatic carbocycles. The van der Waals surface area contributed by atoms with E-state index >= 15 is 0 Å². The van der Waals surface area contributed by atoms with Crippen molar-refractivity contribution in [3.05, 3.63) is 39.7 Å². The number of nitro groups is 1. The molecule has 1 aliphatic rings. The number of benzene rings is 1. The van der Waals surface area contributed by atoms with Crippen LogP contribution in [0.3, 0.4) is 0 Å². The van der Waals surface area contributed by atoms with Crippen LogP contribution in [-0.4, -0.2) is 36.0 Å². The van der Waals surface area contributed by atoms with Crippen molar-refractivity contribution in [2.45, 2.75) is 26.3 Å². The minimum atomic E-state index is -0.771. The van der Waals surface area contributed by atoms with Crippen LogP contribution in [0.25, 0.3) is 0 Å². The second-order valence-corrected chi connectivity index (χ2v) is 5.90. The van der Waals surface area contributed by atoms with Gasteiger partial charge in [0, 0.05) is 38.3 Å². The number of nitrogens with zero attached hydrogens (tertiary/aromatic N) is 2. The molecule has 0 bridgehead atoms. The zero-order valence-electron chi connectivity index (χ0n) is 12.5. The van der Waals surface area contributed by atoms with Gasteiger partial charge in [-0.1, -0.05) is 19.9 Å². The molecule has 1 aromatic rings. The highest BCUT2D eigenvalue weighted by Crippen LogP contribution is 2.31. The first kappa shape index (κ1) is 15.9. The molecule has 1 aliphatic heterocycles. The lowest BCUT2D eigenvalue weighted by Gasteiger charge is -2.36. The summed E-state index contributed by atoms with van der Waals surface area (Å²) < 4.78 is 13.5. The van der Waals surface area contributed by atoms with Gasteiger partial charge >= 0.3 is 5.69 Å². The van der Waals surface area contributed by atoms with E-state index in [1.807, 2.05) is 0 Å². The fraction of sp³-hybridized carbons (Fsp3) is 0.600. The van der Waals surface area contributed by atoms with Gasteiger partial charge in [0.1, 0.15) is 0 Å². The smallest absolute Gasteiger partial charge is 0.305 e. The molecular weight excluding hydrogens is 273 g/mol. The molecule has 116 valence electrons. The number of rotatable bonds is 5. The maximum Gasteiger partial charge on any atom is 0.305 e. The summed E-state index contributed by atoms with van der Waals surface area (Å²) in [5, 5.41) is 14.2. The highest BCUT2D eigenvalue weighted by Gasteiger charge is 2.25. The summed E-state index contributed by atoms with van der Waals surface area (Å²) in [6.07, 6.45) is 0.906. The standard InChI is InChI=1S/C15H22FN3O2/c1-11(2)9-14(18-7-5-17-6-8-18)12-3-4-13(16)15(10-12)19(20)21/h3-4,10-11,14,17H,5-9H2,1-2H3/t14-/m0/s1. The summed E-state index contributed by atoms with van der Waals surface area (Å²) in [6.45, 7) is 7.90. The summed E-state index contributed by atoms with van der Waals surface area (Å²) in [7, 11) is 0. The predicted octanol–water partition coefficient (Wildman–Crippen LogP) is 2.73. The van der Waals surface area contributed by atoms with E-state index in [0.29, 0.717) is 5.92 Å². The van der Waals surface area contributed by atoms with Crippen molar-refractivity contribution in [3.63, 3.8) is 0 Å². The molecule has 1 heterocycles. The van der Waals surface area contributed by atoms with Crippen LogP contribution in [0.4, 0.5) is 10.1 Å². The number of halogens is 1. The molecule has 0 spiro atoms. The SMILES string of the molecule is CC(C)C[C@@H](c1ccc(F)c([N+](=O)[O-])c1)N1CCNCC1. The molecule has 0 unspecified atom stereocenters. The third-order valence-corrected chi connectivity index (χ3v) is 3.84. The molecule has 1 atom stereocenters. The summed E-state index contributed by atoms with van der Waals surface area (Å²) in [6, 6.07) is 4.39. The lowest BCUT2D eigenvalue weighted by Crippen LogP contribution is -2.45. The molecule has 1 aromatic carbocycles. The van der Waals surface area contributed by atoms with E-state index in [2.05, 4.69) is 24.1 Å². The van der Waals surface area contributed by atoms with Gasteiger partial charge in [0.2, 0.25) is 5.82 Å². The van der Waals surface area contributed by atoms with Crippen molar-refractivity contribution in [3.8, 4) is 0 Å². The second kappa shape index (κ2) is 6.95. The third kappa shape index (κ3) is 3.98. The monoisotopic (exact) mass is 295 g/mol. The van der Waals surface area contributed by atoms with Crippen LogP contribution >= 0.6 is 0 Å². The molecule has 0 saturated carbocycles. The molecule has 0 radical (unpaired) electrons. The molecule has 0 aromatic heterocycles. The molecule has 1 saturated heterocycles. The summed E-state index contributed by atoms with van der Waals surface area (Å²) in [4.78, 5) is 12.6. The van der Waals surface area contributed by atoms with Crippen molar-refractivity contribution in [2.24, 2.45) is 5.92 Å². The van der Waals surface area contributed by atoms with Gasteiger partial charge in [-0.15, -0.1) is 0 Å². The Balaban J connectivity index is 2.31. The van der Waals surface area contributed by atoms with E-state index in [1.54, 1.807) is 6.07 Å². The first-order valence-electron chi connectivity index (χ1n) is 7.37. The van der Waals surface area contributed by atoms with E-state index in [1.165, 1.54) is 12.1 Å². The van der Waals surface area contributed by atoms with Gasteiger partial charge in [0.05, 0.1) is 4.92 Å². The first-order valence-corrected chi connectivity index (χ1v) is 7.37. The molecule has 5 nitrogen and oxygen atoms in total. The van der Waals surface area contributed by atoms with Crippen molar-refractivity contribution < 1.29 is 9.31 Å². The molecule has 6 heteroatoms. The third-order valence-electron chi connectivity index (χ3n) is 3.84. The van der Waals surface area contributed by atoms with Crippen LogP contribution < -0.4 is 5.32 Å². The first-order chi connectivity index (χ1) is 9.99. The maximum absolute atomic E-state index is 13.5. The van der Waals surface area contributed by atoms with Crippen molar-refractivity contribution in [1.82, 2.24) is 10.2 Å². The van der Waals surface area contributed by atoms with Gasteiger partial charge in [0.15, 0.2) is 0 Å². The Morgan fingerprint density at radius 1 is 1.38 bits per heavy atom. The highest BCUT2D eigenvalue weighted by molar-refractivity contribution is 5.37. The van der Waals surface area contributed by atoms with Gasteiger partial charge in [-0.05, 0) is 24.0 Å². The van der Waals surface area contributed by atoms with Crippen molar-refractivity contribution in [2.75, 3.05) is 26.2 Å². The van der Waals surface area contributed by atoms with Gasteiger partial charge in [-0.25, -0.2) is 0 Å². The number of nitrogens with one attached hydrogen (secondary N) is 1. The van der Waals surface area contributed by atoms with Crippen molar-refractivity contribution >= 4 is 5.69 Å². The number of hydrogen-bond donors (Lipinski definition) is 1. The number of piperazine rings is 1. The van der Waals surface area contributed by atoms with Crippen LogP contribution in [0.1, 0.15) is 31.9 Å². The summed E-state index contributed by atoms with van der Waals surface area (Å²) in [5.41, 5.74) is 0.398. The van der Waals surface area contributed by atoms with Crippen LogP contribution in [0.2, 0.25) is 0 Å². The lowest BCUT2D eigenvalue weighted by molar-refractivity contribution is -0.387. The van der Waals surface area contributed by atoms with Gasteiger partial charge in [0.25, 0.3) is 0 Å². The topological polar surface area (TPSA) is 58.4 Å². The fourth-order valence-electron chi connectivity index (χ4n) is 2.81. The highest BCUT2D eigenvalue weighted by atomic mass is 19.1.